The van der Waals surface area contributed by atoms with Crippen molar-refractivity contribution in [3.63, 3.8) is 0 Å². The van der Waals surface area contributed by atoms with Crippen molar-refractivity contribution < 1.29 is 19.4 Å². The Labute approximate surface area is 81.1 Å². The van der Waals surface area contributed by atoms with Gasteiger partial charge < -0.3 is 15.6 Å². The largest absolute Gasteiger partial charge is 0.466 e. The molecule has 0 rings (SSSR count). The molecule has 0 fully saturated rings. The van der Waals surface area contributed by atoms with E-state index in [4.69, 9.17) is 10.8 Å². The number of hydrogen-bond donors (Lipinski definition) is 2. The first kappa shape index (κ1) is 12.3. The standard InChI is InChI=1S/C8H12N2O4/c1-5(9)10-8(13)6(4-11)3-7(12)14-2/h3,11H,4H2,1-2H3,(H2,9,10,13)/b6-3+. The van der Waals surface area contributed by atoms with E-state index in [1.165, 1.54) is 6.92 Å². The van der Waals surface area contributed by atoms with Crippen LogP contribution in [0.4, 0.5) is 0 Å². The molecule has 3 N–H and O–H groups in total. The predicted molar refractivity (Wildman–Crippen MR) is 49.5 cm³/mol. The lowest BCUT2D eigenvalue weighted by molar-refractivity contribution is -0.135. The Hall–Kier alpha value is -1.69. The summed E-state index contributed by atoms with van der Waals surface area (Å²) in [5.41, 5.74) is 4.99. The van der Waals surface area contributed by atoms with Gasteiger partial charge in [-0.15, -0.1) is 0 Å². The Morgan fingerprint density at radius 3 is 2.50 bits per heavy atom. The monoisotopic (exact) mass is 200 g/mol. The van der Waals surface area contributed by atoms with Crippen molar-refractivity contribution in [2.45, 2.75) is 6.92 Å². The van der Waals surface area contributed by atoms with E-state index in [-0.39, 0.29) is 11.4 Å². The molecular weight excluding hydrogens is 188 g/mol. The molecule has 0 spiro atoms. The summed E-state index contributed by atoms with van der Waals surface area (Å²) in [4.78, 5) is 25.2. The average Bonchev–Trinajstić information content (AvgIpc) is 2.12. The number of esters is 1. The van der Waals surface area contributed by atoms with Gasteiger partial charge in [0.15, 0.2) is 0 Å². The summed E-state index contributed by atoms with van der Waals surface area (Å²) < 4.78 is 4.28. The number of carbonyl (C=O) groups is 2. The van der Waals surface area contributed by atoms with Gasteiger partial charge in [-0.3, -0.25) is 4.79 Å². The molecule has 0 saturated carbocycles. The van der Waals surface area contributed by atoms with Crippen LogP contribution in [0.2, 0.25) is 0 Å². The third-order valence-electron chi connectivity index (χ3n) is 1.22. The number of rotatable bonds is 3. The lowest BCUT2D eigenvalue weighted by Gasteiger charge is -1.98. The summed E-state index contributed by atoms with van der Waals surface area (Å²) in [5.74, 6) is -1.43. The summed E-state index contributed by atoms with van der Waals surface area (Å²) >= 11 is 0. The second-order valence-corrected chi connectivity index (χ2v) is 2.41. The number of nitrogens with zero attached hydrogens (tertiary/aromatic N) is 1. The summed E-state index contributed by atoms with van der Waals surface area (Å²) in [7, 11) is 1.16. The fraction of sp³-hybridized carbons (Fsp3) is 0.375. The SMILES string of the molecule is COC(=O)/C=C(\CO)C(=O)N=C(C)N. The number of aliphatic imine (C=N–C) groups is 1. The van der Waals surface area contributed by atoms with Crippen LogP contribution in [0.15, 0.2) is 16.6 Å². The molecule has 0 aliphatic heterocycles. The number of aliphatic hydroxyl groups is 1. The van der Waals surface area contributed by atoms with Crippen molar-refractivity contribution in [3.05, 3.63) is 11.6 Å². The minimum atomic E-state index is -0.752. The van der Waals surface area contributed by atoms with Crippen LogP contribution in [0.1, 0.15) is 6.92 Å². The number of nitrogens with two attached hydrogens (primary N) is 1. The molecule has 0 aromatic rings. The number of aliphatic hydroxyl groups excluding tert-OH is 1. The van der Waals surface area contributed by atoms with Crippen molar-refractivity contribution in [1.29, 1.82) is 0 Å². The van der Waals surface area contributed by atoms with E-state index >= 15 is 0 Å². The van der Waals surface area contributed by atoms with Gasteiger partial charge in [0, 0.05) is 6.08 Å². The Morgan fingerprint density at radius 1 is 1.57 bits per heavy atom. The second kappa shape index (κ2) is 5.87. The van der Waals surface area contributed by atoms with Gasteiger partial charge >= 0.3 is 5.97 Å². The number of methoxy groups -OCH3 is 1. The van der Waals surface area contributed by atoms with Gasteiger partial charge in [-0.25, -0.2) is 4.79 Å². The minimum Gasteiger partial charge on any atom is -0.466 e. The Balaban J connectivity index is 4.73. The number of carbonyl (C=O) groups excluding carboxylic acids is 2. The van der Waals surface area contributed by atoms with Crippen molar-refractivity contribution in [3.8, 4) is 0 Å². The molecule has 0 aliphatic carbocycles. The van der Waals surface area contributed by atoms with E-state index in [0.29, 0.717) is 0 Å². The van der Waals surface area contributed by atoms with Crippen molar-refractivity contribution in [2.24, 2.45) is 10.7 Å². The number of ether oxygens (including phenoxy) is 1. The zero-order valence-corrected chi connectivity index (χ0v) is 7.98. The molecule has 78 valence electrons. The fourth-order valence-electron chi connectivity index (χ4n) is 0.608. The topological polar surface area (TPSA) is 102 Å². The zero-order valence-electron chi connectivity index (χ0n) is 7.98. The molecule has 0 aliphatic rings. The van der Waals surface area contributed by atoms with Crippen LogP contribution in [0.5, 0.6) is 0 Å². The van der Waals surface area contributed by atoms with E-state index in [1.54, 1.807) is 0 Å². The third kappa shape index (κ3) is 4.36. The van der Waals surface area contributed by atoms with E-state index < -0.39 is 18.5 Å². The van der Waals surface area contributed by atoms with Crippen molar-refractivity contribution >= 4 is 17.7 Å². The van der Waals surface area contributed by atoms with Gasteiger partial charge in [-0.2, -0.15) is 4.99 Å². The van der Waals surface area contributed by atoms with Gasteiger partial charge in [0.2, 0.25) is 0 Å². The molecule has 14 heavy (non-hydrogen) atoms. The fourth-order valence-corrected chi connectivity index (χ4v) is 0.608. The number of amides is 1. The first-order valence-corrected chi connectivity index (χ1v) is 3.75. The zero-order chi connectivity index (χ0) is 11.1. The maximum atomic E-state index is 11.1. The summed E-state index contributed by atoms with van der Waals surface area (Å²) in [6.45, 7) is 0.829. The van der Waals surface area contributed by atoms with Crippen LogP contribution < -0.4 is 5.73 Å². The van der Waals surface area contributed by atoms with E-state index in [9.17, 15) is 9.59 Å². The molecule has 0 bridgehead atoms. The quantitative estimate of drug-likeness (QED) is 0.263. The minimum absolute atomic E-state index is 0.0548. The van der Waals surface area contributed by atoms with Crippen LogP contribution in [0.3, 0.4) is 0 Å². The highest BCUT2D eigenvalue weighted by atomic mass is 16.5. The van der Waals surface area contributed by atoms with Crippen LogP contribution >= 0.6 is 0 Å². The van der Waals surface area contributed by atoms with E-state index in [2.05, 4.69) is 9.73 Å². The van der Waals surface area contributed by atoms with Crippen LogP contribution in [0, 0.1) is 0 Å². The number of amidine groups is 1. The molecule has 6 nitrogen and oxygen atoms in total. The first-order valence-electron chi connectivity index (χ1n) is 3.75. The molecule has 0 unspecified atom stereocenters. The highest BCUT2D eigenvalue weighted by molar-refractivity contribution is 6.05. The van der Waals surface area contributed by atoms with Gasteiger partial charge in [0.05, 0.1) is 19.3 Å². The second-order valence-electron chi connectivity index (χ2n) is 2.41. The highest BCUT2D eigenvalue weighted by Gasteiger charge is 2.09. The van der Waals surface area contributed by atoms with Gasteiger partial charge in [0.1, 0.15) is 5.84 Å². The molecule has 6 heteroatoms. The Kier molecular flexibility index (Phi) is 5.16. The van der Waals surface area contributed by atoms with Gasteiger partial charge in [0.25, 0.3) is 5.91 Å². The van der Waals surface area contributed by atoms with Crippen LogP contribution in [-0.4, -0.2) is 36.5 Å². The lowest BCUT2D eigenvalue weighted by Crippen LogP contribution is -2.13. The molecule has 0 radical (unpaired) electrons. The molecule has 0 heterocycles. The average molecular weight is 200 g/mol. The van der Waals surface area contributed by atoms with Crippen LogP contribution in [0.25, 0.3) is 0 Å². The highest BCUT2D eigenvalue weighted by Crippen LogP contribution is 1.97. The molecule has 0 atom stereocenters. The maximum absolute atomic E-state index is 11.1. The summed E-state index contributed by atoms with van der Waals surface area (Å²) in [6, 6.07) is 0. The maximum Gasteiger partial charge on any atom is 0.331 e. The van der Waals surface area contributed by atoms with Crippen molar-refractivity contribution in [1.82, 2.24) is 0 Å². The summed E-state index contributed by atoms with van der Waals surface area (Å²) in [6.07, 6.45) is 0.870. The van der Waals surface area contributed by atoms with Gasteiger partial charge in [-0.05, 0) is 6.92 Å². The molecular formula is C8H12N2O4. The molecule has 1 amide bonds. The molecule has 0 saturated heterocycles. The van der Waals surface area contributed by atoms with Crippen LogP contribution in [-0.2, 0) is 14.3 Å². The molecule has 0 aromatic carbocycles. The first-order chi connectivity index (χ1) is 6.51. The van der Waals surface area contributed by atoms with Crippen molar-refractivity contribution in [2.75, 3.05) is 13.7 Å². The van der Waals surface area contributed by atoms with E-state index in [1.807, 2.05) is 0 Å². The predicted octanol–water partition coefficient (Wildman–Crippen LogP) is -1.02. The molecule has 0 aromatic heterocycles. The Morgan fingerprint density at radius 2 is 2.14 bits per heavy atom. The lowest BCUT2D eigenvalue weighted by atomic mass is 10.2. The summed E-state index contributed by atoms with van der Waals surface area (Å²) in [5, 5.41) is 8.75. The van der Waals surface area contributed by atoms with E-state index in [0.717, 1.165) is 13.2 Å². The van der Waals surface area contributed by atoms with Gasteiger partial charge in [-0.1, -0.05) is 0 Å². The third-order valence-corrected chi connectivity index (χ3v) is 1.22. The Bertz CT molecular complexity index is 290. The normalized spacial score (nSPS) is 12.5. The number of hydrogen-bond acceptors (Lipinski definition) is 4. The smallest absolute Gasteiger partial charge is 0.331 e.